The summed E-state index contributed by atoms with van der Waals surface area (Å²) in [4.78, 5) is 41.8. The van der Waals surface area contributed by atoms with Crippen molar-refractivity contribution >= 4 is 23.4 Å². The molecule has 0 aliphatic carbocycles. The second-order valence-electron chi connectivity index (χ2n) is 7.19. The third kappa shape index (κ3) is 3.55. The van der Waals surface area contributed by atoms with Crippen LogP contribution in [-0.2, 0) is 16.1 Å². The number of hydrogen-bond acceptors (Lipinski definition) is 4. The SMILES string of the molecule is COc1ccccc1CNC(=O)CN1C(=O)[C@H]2CCCN2C(=O)c2ccccc21. The van der Waals surface area contributed by atoms with E-state index in [-0.39, 0.29) is 24.3 Å². The van der Waals surface area contributed by atoms with Gasteiger partial charge in [-0.15, -0.1) is 0 Å². The maximum absolute atomic E-state index is 13.2. The molecule has 0 unspecified atom stereocenters. The topological polar surface area (TPSA) is 79.0 Å². The van der Waals surface area contributed by atoms with Gasteiger partial charge in [-0.3, -0.25) is 14.4 Å². The van der Waals surface area contributed by atoms with Gasteiger partial charge in [0.2, 0.25) is 11.8 Å². The van der Waals surface area contributed by atoms with Crippen molar-refractivity contribution in [2.75, 3.05) is 25.1 Å². The predicted octanol–water partition coefficient (Wildman–Crippen LogP) is 1.96. The first-order chi connectivity index (χ1) is 14.1. The normalized spacial score (nSPS) is 18.2. The molecule has 29 heavy (non-hydrogen) atoms. The van der Waals surface area contributed by atoms with Gasteiger partial charge < -0.3 is 19.9 Å². The second-order valence-corrected chi connectivity index (χ2v) is 7.19. The molecular formula is C22H23N3O4. The quantitative estimate of drug-likeness (QED) is 0.842. The summed E-state index contributed by atoms with van der Waals surface area (Å²) in [5.74, 6) is 0.0516. The van der Waals surface area contributed by atoms with Crippen LogP contribution < -0.4 is 15.0 Å². The van der Waals surface area contributed by atoms with E-state index in [1.165, 1.54) is 4.90 Å². The zero-order valence-corrected chi connectivity index (χ0v) is 16.3. The lowest BCUT2D eigenvalue weighted by molar-refractivity contribution is -0.125. The van der Waals surface area contributed by atoms with E-state index in [9.17, 15) is 14.4 Å². The largest absolute Gasteiger partial charge is 0.496 e. The Kier molecular flexibility index (Phi) is 5.20. The van der Waals surface area contributed by atoms with E-state index in [2.05, 4.69) is 5.32 Å². The first kappa shape index (κ1) is 19.0. The highest BCUT2D eigenvalue weighted by atomic mass is 16.5. The van der Waals surface area contributed by atoms with E-state index in [1.54, 1.807) is 36.3 Å². The third-order valence-corrected chi connectivity index (χ3v) is 5.46. The van der Waals surface area contributed by atoms with Crippen molar-refractivity contribution in [2.24, 2.45) is 0 Å². The number of rotatable bonds is 5. The molecule has 0 bridgehead atoms. The zero-order valence-electron chi connectivity index (χ0n) is 16.3. The number of methoxy groups -OCH3 is 1. The van der Waals surface area contributed by atoms with Crippen LogP contribution in [0.15, 0.2) is 48.5 Å². The Morgan fingerprint density at radius 3 is 2.72 bits per heavy atom. The summed E-state index contributed by atoms with van der Waals surface area (Å²) in [7, 11) is 1.58. The minimum Gasteiger partial charge on any atom is -0.496 e. The van der Waals surface area contributed by atoms with Gasteiger partial charge in [0, 0.05) is 18.7 Å². The molecule has 0 saturated carbocycles. The number of ether oxygens (including phenoxy) is 1. The van der Waals surface area contributed by atoms with Crippen molar-refractivity contribution in [1.82, 2.24) is 10.2 Å². The van der Waals surface area contributed by atoms with Crippen LogP contribution in [0.2, 0.25) is 0 Å². The molecule has 7 heteroatoms. The Balaban J connectivity index is 1.55. The molecule has 3 amide bonds. The molecular weight excluding hydrogens is 370 g/mol. The number of nitrogens with one attached hydrogen (secondary N) is 1. The minimum atomic E-state index is -0.503. The third-order valence-electron chi connectivity index (χ3n) is 5.46. The number of carbonyl (C=O) groups excluding carboxylic acids is 3. The van der Waals surface area contributed by atoms with E-state index in [0.717, 1.165) is 12.0 Å². The van der Waals surface area contributed by atoms with Gasteiger partial charge in [0.15, 0.2) is 0 Å². The summed E-state index contributed by atoms with van der Waals surface area (Å²) < 4.78 is 5.31. The van der Waals surface area contributed by atoms with Gasteiger partial charge in [0.05, 0.1) is 18.4 Å². The molecule has 1 atom stereocenters. The smallest absolute Gasteiger partial charge is 0.256 e. The van der Waals surface area contributed by atoms with Gasteiger partial charge in [-0.1, -0.05) is 30.3 Å². The number of amides is 3. The number of carbonyl (C=O) groups is 3. The van der Waals surface area contributed by atoms with Crippen molar-refractivity contribution < 1.29 is 19.1 Å². The average Bonchev–Trinajstić information content (AvgIpc) is 3.22. The fraction of sp³-hybridized carbons (Fsp3) is 0.318. The molecule has 2 heterocycles. The predicted molar refractivity (Wildman–Crippen MR) is 108 cm³/mol. The number of fused-ring (bicyclic) bond motifs is 2. The van der Waals surface area contributed by atoms with Gasteiger partial charge in [-0.2, -0.15) is 0 Å². The summed E-state index contributed by atoms with van der Waals surface area (Å²) in [6.07, 6.45) is 1.41. The Morgan fingerprint density at radius 1 is 1.14 bits per heavy atom. The Morgan fingerprint density at radius 2 is 1.90 bits per heavy atom. The molecule has 7 nitrogen and oxygen atoms in total. The lowest BCUT2D eigenvalue weighted by atomic mass is 10.1. The number of hydrogen-bond donors (Lipinski definition) is 1. The zero-order chi connectivity index (χ0) is 20.4. The molecule has 2 aliphatic rings. The first-order valence-electron chi connectivity index (χ1n) is 9.70. The van der Waals surface area contributed by atoms with Crippen LogP contribution in [0.1, 0.15) is 28.8 Å². The van der Waals surface area contributed by atoms with Crippen molar-refractivity contribution in [3.05, 3.63) is 59.7 Å². The highest BCUT2D eigenvalue weighted by Gasteiger charge is 2.42. The van der Waals surface area contributed by atoms with Crippen LogP contribution in [0.3, 0.4) is 0 Å². The van der Waals surface area contributed by atoms with Gasteiger partial charge >= 0.3 is 0 Å². The molecule has 1 fully saturated rings. The number of nitrogens with zero attached hydrogens (tertiary/aromatic N) is 2. The van der Waals surface area contributed by atoms with Crippen LogP contribution in [0.5, 0.6) is 5.75 Å². The second kappa shape index (κ2) is 7.95. The van der Waals surface area contributed by atoms with Crippen molar-refractivity contribution in [3.63, 3.8) is 0 Å². The van der Waals surface area contributed by atoms with E-state index in [4.69, 9.17) is 4.74 Å². The van der Waals surface area contributed by atoms with Crippen LogP contribution in [-0.4, -0.2) is 48.9 Å². The lowest BCUT2D eigenvalue weighted by Crippen LogP contribution is -2.48. The fourth-order valence-electron chi connectivity index (χ4n) is 4.02. The summed E-state index contributed by atoms with van der Waals surface area (Å²) in [5, 5.41) is 2.85. The van der Waals surface area contributed by atoms with Gasteiger partial charge in [-0.05, 0) is 31.0 Å². The standard InChI is InChI=1S/C22H23N3O4/c1-29-19-11-5-2-7-15(19)13-23-20(26)14-25-17-9-4-3-8-16(17)21(27)24-12-6-10-18(24)22(25)28/h2-5,7-9,11,18H,6,10,12-14H2,1H3,(H,23,26)/t18-/m1/s1. The van der Waals surface area contributed by atoms with Crippen LogP contribution >= 0.6 is 0 Å². The van der Waals surface area contributed by atoms with E-state index in [0.29, 0.717) is 36.5 Å². The maximum atomic E-state index is 13.2. The summed E-state index contributed by atoms with van der Waals surface area (Å²) in [6, 6.07) is 13.9. The van der Waals surface area contributed by atoms with E-state index in [1.807, 2.05) is 24.3 Å². The number of para-hydroxylation sites is 2. The fourth-order valence-corrected chi connectivity index (χ4v) is 4.02. The molecule has 0 aromatic heterocycles. The summed E-state index contributed by atoms with van der Waals surface area (Å²) >= 11 is 0. The van der Waals surface area contributed by atoms with Gasteiger partial charge in [0.1, 0.15) is 18.3 Å². The molecule has 2 aromatic rings. The van der Waals surface area contributed by atoms with E-state index >= 15 is 0 Å². The lowest BCUT2D eigenvalue weighted by Gasteiger charge is -2.25. The van der Waals surface area contributed by atoms with E-state index < -0.39 is 6.04 Å². The molecule has 150 valence electrons. The Labute approximate surface area is 169 Å². The van der Waals surface area contributed by atoms with Crippen LogP contribution in [0.25, 0.3) is 0 Å². The number of anilines is 1. The average molecular weight is 393 g/mol. The number of benzene rings is 2. The van der Waals surface area contributed by atoms with Crippen molar-refractivity contribution in [1.29, 1.82) is 0 Å². The Hall–Kier alpha value is -3.35. The molecule has 1 saturated heterocycles. The molecule has 2 aliphatic heterocycles. The van der Waals surface area contributed by atoms with Crippen molar-refractivity contribution in [2.45, 2.75) is 25.4 Å². The summed E-state index contributed by atoms with van der Waals surface area (Å²) in [6.45, 7) is 0.723. The highest BCUT2D eigenvalue weighted by Crippen LogP contribution is 2.32. The highest BCUT2D eigenvalue weighted by molar-refractivity contribution is 6.12. The summed E-state index contributed by atoms with van der Waals surface area (Å²) in [5.41, 5.74) is 1.80. The van der Waals surface area contributed by atoms with Gasteiger partial charge in [-0.25, -0.2) is 0 Å². The Bertz CT molecular complexity index is 959. The molecule has 1 N–H and O–H groups in total. The maximum Gasteiger partial charge on any atom is 0.256 e. The molecule has 0 radical (unpaired) electrons. The van der Waals surface area contributed by atoms with Gasteiger partial charge in [0.25, 0.3) is 5.91 Å². The molecule has 2 aromatic carbocycles. The van der Waals surface area contributed by atoms with Crippen LogP contribution in [0, 0.1) is 0 Å². The first-order valence-corrected chi connectivity index (χ1v) is 9.70. The molecule has 4 rings (SSSR count). The van der Waals surface area contributed by atoms with Crippen LogP contribution in [0.4, 0.5) is 5.69 Å². The van der Waals surface area contributed by atoms with Crippen molar-refractivity contribution in [3.8, 4) is 5.75 Å². The minimum absolute atomic E-state index is 0.136. The molecule has 0 spiro atoms. The monoisotopic (exact) mass is 393 g/mol.